The Morgan fingerprint density at radius 1 is 1.00 bits per heavy atom. The van der Waals surface area contributed by atoms with E-state index in [0.29, 0.717) is 5.57 Å². The van der Waals surface area contributed by atoms with Crippen LogP contribution in [-0.4, -0.2) is 29.8 Å². The van der Waals surface area contributed by atoms with Crippen LogP contribution < -0.4 is 5.32 Å². The van der Waals surface area contributed by atoms with Gasteiger partial charge in [0.15, 0.2) is 23.3 Å². The Hall–Kier alpha value is -2.45. The normalized spacial score (nSPS) is 10.4. The summed E-state index contributed by atoms with van der Waals surface area (Å²) < 4.78 is 65.8. The summed E-state index contributed by atoms with van der Waals surface area (Å²) in [6, 6.07) is 0. The van der Waals surface area contributed by atoms with Gasteiger partial charge in [0.25, 0.3) is 0 Å². The molecule has 1 aromatic carbocycles. The van der Waals surface area contributed by atoms with Crippen molar-refractivity contribution in [3.05, 3.63) is 41.2 Å². The molecule has 0 heterocycles. The number of halogens is 5. The molecule has 126 valence electrons. The second-order valence-electron chi connectivity index (χ2n) is 4.68. The Bertz CT molecular complexity index is 647. The number of amides is 2. The summed E-state index contributed by atoms with van der Waals surface area (Å²) in [5, 5.41) is 1.42. The molecular formula is C14H13F5N2O2. The predicted octanol–water partition coefficient (Wildman–Crippen LogP) is 2.75. The molecule has 0 saturated heterocycles. The van der Waals surface area contributed by atoms with Crippen LogP contribution in [-0.2, 0) is 9.59 Å². The van der Waals surface area contributed by atoms with Crippen molar-refractivity contribution in [1.82, 2.24) is 4.90 Å². The molecule has 0 aromatic heterocycles. The van der Waals surface area contributed by atoms with Crippen molar-refractivity contribution in [1.29, 1.82) is 0 Å². The highest BCUT2D eigenvalue weighted by molar-refractivity contribution is 6.39. The first kappa shape index (κ1) is 18.6. The molecule has 0 aliphatic rings. The van der Waals surface area contributed by atoms with E-state index in [2.05, 4.69) is 6.58 Å². The topological polar surface area (TPSA) is 49.4 Å². The van der Waals surface area contributed by atoms with Gasteiger partial charge in [0.2, 0.25) is 5.82 Å². The van der Waals surface area contributed by atoms with Crippen molar-refractivity contribution < 1.29 is 31.5 Å². The first-order chi connectivity index (χ1) is 10.6. The van der Waals surface area contributed by atoms with E-state index in [0.717, 1.165) is 4.90 Å². The highest BCUT2D eigenvalue weighted by atomic mass is 19.2. The summed E-state index contributed by atoms with van der Waals surface area (Å²) in [6.07, 6.45) is 0. The minimum atomic E-state index is -2.36. The smallest absolute Gasteiger partial charge is 0.314 e. The van der Waals surface area contributed by atoms with Crippen molar-refractivity contribution >= 4 is 17.5 Å². The molecule has 0 aliphatic heterocycles. The zero-order valence-corrected chi connectivity index (χ0v) is 12.3. The second-order valence-corrected chi connectivity index (χ2v) is 4.68. The molecule has 0 saturated carbocycles. The van der Waals surface area contributed by atoms with Crippen molar-refractivity contribution in [3.8, 4) is 0 Å². The maximum absolute atomic E-state index is 13.4. The van der Waals surface area contributed by atoms with Crippen molar-refractivity contribution in [2.75, 3.05) is 18.4 Å². The molecule has 0 radical (unpaired) electrons. The molecule has 0 spiro atoms. The summed E-state index contributed by atoms with van der Waals surface area (Å²) in [7, 11) is 0. The molecule has 1 rings (SSSR count). The van der Waals surface area contributed by atoms with Gasteiger partial charge in [0, 0.05) is 13.1 Å². The van der Waals surface area contributed by atoms with Gasteiger partial charge in [-0.15, -0.1) is 0 Å². The summed E-state index contributed by atoms with van der Waals surface area (Å²) in [5.74, 6) is -14.0. The van der Waals surface area contributed by atoms with Crippen molar-refractivity contribution in [2.45, 2.75) is 13.8 Å². The van der Waals surface area contributed by atoms with E-state index in [1.165, 1.54) is 12.2 Å². The highest BCUT2D eigenvalue weighted by Crippen LogP contribution is 2.27. The van der Waals surface area contributed by atoms with E-state index in [-0.39, 0.29) is 13.1 Å². The number of rotatable bonds is 4. The predicted molar refractivity (Wildman–Crippen MR) is 71.9 cm³/mol. The van der Waals surface area contributed by atoms with Crippen LogP contribution in [0.15, 0.2) is 12.2 Å². The van der Waals surface area contributed by atoms with Crippen LogP contribution in [0.3, 0.4) is 0 Å². The molecule has 2 amide bonds. The molecule has 0 bridgehead atoms. The van der Waals surface area contributed by atoms with Crippen LogP contribution in [0.1, 0.15) is 13.8 Å². The first-order valence-electron chi connectivity index (χ1n) is 6.37. The van der Waals surface area contributed by atoms with E-state index in [4.69, 9.17) is 0 Å². The van der Waals surface area contributed by atoms with Crippen molar-refractivity contribution in [2.24, 2.45) is 0 Å². The number of hydrogen-bond donors (Lipinski definition) is 1. The van der Waals surface area contributed by atoms with E-state index in [1.54, 1.807) is 6.92 Å². The van der Waals surface area contributed by atoms with Gasteiger partial charge in [-0.1, -0.05) is 12.2 Å². The lowest BCUT2D eigenvalue weighted by Gasteiger charge is -2.20. The summed E-state index contributed by atoms with van der Waals surface area (Å²) in [5.41, 5.74) is -1.05. The molecule has 1 aromatic rings. The largest absolute Gasteiger partial charge is 0.331 e. The van der Waals surface area contributed by atoms with Crippen LogP contribution >= 0.6 is 0 Å². The van der Waals surface area contributed by atoms with Crippen LogP contribution in [0.4, 0.5) is 27.6 Å². The Morgan fingerprint density at radius 2 is 1.43 bits per heavy atom. The molecule has 0 aliphatic carbocycles. The van der Waals surface area contributed by atoms with E-state index < -0.39 is 46.6 Å². The number of nitrogens with one attached hydrogen (secondary N) is 1. The van der Waals surface area contributed by atoms with Gasteiger partial charge >= 0.3 is 11.8 Å². The summed E-state index contributed by atoms with van der Waals surface area (Å²) in [4.78, 5) is 24.5. The molecule has 0 unspecified atom stereocenters. The number of anilines is 1. The zero-order chi connectivity index (χ0) is 17.9. The Morgan fingerprint density at radius 3 is 1.83 bits per heavy atom. The first-order valence-corrected chi connectivity index (χ1v) is 6.37. The summed E-state index contributed by atoms with van der Waals surface area (Å²) >= 11 is 0. The van der Waals surface area contributed by atoms with Gasteiger partial charge in [0.1, 0.15) is 5.69 Å². The Labute approximate surface area is 128 Å². The number of likely N-dealkylation sites (N-methyl/N-ethyl adjacent to an activating group) is 1. The monoisotopic (exact) mass is 336 g/mol. The highest BCUT2D eigenvalue weighted by Gasteiger charge is 2.29. The number of nitrogens with zero attached hydrogens (tertiary/aromatic N) is 1. The molecule has 1 N–H and O–H groups in total. The van der Waals surface area contributed by atoms with Crippen LogP contribution in [0, 0.1) is 29.1 Å². The van der Waals surface area contributed by atoms with Gasteiger partial charge in [-0.2, -0.15) is 0 Å². The third-order valence-electron chi connectivity index (χ3n) is 2.77. The molecule has 9 heteroatoms. The van der Waals surface area contributed by atoms with Gasteiger partial charge < -0.3 is 10.2 Å². The maximum atomic E-state index is 13.4. The fraction of sp³-hybridized carbons (Fsp3) is 0.286. The third kappa shape index (κ3) is 3.85. The number of carbonyl (C=O) groups is 2. The van der Waals surface area contributed by atoms with Crippen LogP contribution in [0.25, 0.3) is 0 Å². The minimum absolute atomic E-state index is 0.000141. The lowest BCUT2D eigenvalue weighted by Crippen LogP contribution is -2.40. The molecular weight excluding hydrogens is 323 g/mol. The van der Waals surface area contributed by atoms with Crippen molar-refractivity contribution in [3.63, 3.8) is 0 Å². The average molecular weight is 336 g/mol. The Kier molecular flexibility index (Phi) is 5.83. The number of hydrogen-bond acceptors (Lipinski definition) is 2. The number of carbonyl (C=O) groups excluding carboxylic acids is 2. The molecule has 23 heavy (non-hydrogen) atoms. The van der Waals surface area contributed by atoms with E-state index in [1.807, 2.05) is 0 Å². The third-order valence-corrected chi connectivity index (χ3v) is 2.77. The van der Waals surface area contributed by atoms with E-state index in [9.17, 15) is 31.5 Å². The Balaban J connectivity index is 3.11. The van der Waals surface area contributed by atoms with Crippen LogP contribution in [0.2, 0.25) is 0 Å². The standard InChI is InChI=1S/C14H13F5N2O2/c1-4-21(5-6(2)3)14(23)13(22)20-12-10(18)8(16)7(15)9(17)11(12)19/h2,4-5H2,1,3H3,(H,20,22). The second kappa shape index (κ2) is 7.21. The number of benzene rings is 1. The minimum Gasteiger partial charge on any atom is -0.331 e. The zero-order valence-electron chi connectivity index (χ0n) is 12.3. The average Bonchev–Trinajstić information content (AvgIpc) is 2.51. The lowest BCUT2D eigenvalue weighted by atomic mass is 10.2. The fourth-order valence-electron chi connectivity index (χ4n) is 1.68. The summed E-state index contributed by atoms with van der Waals surface area (Å²) in [6.45, 7) is 6.74. The maximum Gasteiger partial charge on any atom is 0.314 e. The van der Waals surface area contributed by atoms with Gasteiger partial charge in [-0.05, 0) is 13.8 Å². The fourth-order valence-corrected chi connectivity index (χ4v) is 1.68. The van der Waals surface area contributed by atoms with E-state index >= 15 is 0 Å². The quantitative estimate of drug-likeness (QED) is 0.302. The van der Waals surface area contributed by atoms with Gasteiger partial charge in [-0.3, -0.25) is 9.59 Å². The van der Waals surface area contributed by atoms with Gasteiger partial charge in [-0.25, -0.2) is 22.0 Å². The molecule has 4 nitrogen and oxygen atoms in total. The molecule has 0 atom stereocenters. The van der Waals surface area contributed by atoms with Gasteiger partial charge in [0.05, 0.1) is 0 Å². The molecule has 0 fully saturated rings. The van der Waals surface area contributed by atoms with Crippen LogP contribution in [0.5, 0.6) is 0 Å². The lowest BCUT2D eigenvalue weighted by molar-refractivity contribution is -0.142. The SMILES string of the molecule is C=C(C)CN(CC)C(=O)C(=O)Nc1c(F)c(F)c(F)c(F)c1F.